The third-order valence-corrected chi connectivity index (χ3v) is 10.9. The van der Waals surface area contributed by atoms with Gasteiger partial charge in [-0.2, -0.15) is 0 Å². The fourth-order valence-electron chi connectivity index (χ4n) is 3.46. The van der Waals surface area contributed by atoms with Gasteiger partial charge in [0.2, 0.25) is 0 Å². The summed E-state index contributed by atoms with van der Waals surface area (Å²) < 4.78 is 0. The Morgan fingerprint density at radius 1 is 0.900 bits per heavy atom. The van der Waals surface area contributed by atoms with E-state index in [1.807, 2.05) is 0 Å². The largest absolute Gasteiger partial charge is 0.146 e. The van der Waals surface area contributed by atoms with Gasteiger partial charge >= 0.3 is 0 Å². The first kappa shape index (κ1) is 19.5. The Balaban J connectivity index is 4.84. The van der Waals surface area contributed by atoms with E-state index in [1.165, 1.54) is 25.7 Å². The van der Waals surface area contributed by atoms with Crippen molar-refractivity contribution in [1.29, 1.82) is 0 Å². The molecule has 0 unspecified atom stereocenters. The molecule has 0 aromatic heterocycles. The second-order valence-corrected chi connectivity index (χ2v) is 12.6. The van der Waals surface area contributed by atoms with Crippen LogP contribution in [0.5, 0.6) is 0 Å². The highest BCUT2D eigenvalue weighted by molar-refractivity contribution is 6.90. The summed E-state index contributed by atoms with van der Waals surface area (Å²) in [6, 6.07) is 0. The first-order chi connectivity index (χ1) is 9.28. The number of hydrogen-bond donors (Lipinski definition) is 0. The summed E-state index contributed by atoms with van der Waals surface area (Å²) in [6.45, 7) is 20.6. The van der Waals surface area contributed by atoms with Crippen molar-refractivity contribution in [3.8, 4) is 11.5 Å². The van der Waals surface area contributed by atoms with E-state index in [2.05, 4.69) is 66.5 Å². The average Bonchev–Trinajstić information content (AvgIpc) is 2.34. The maximum Gasteiger partial charge on any atom is 0.146 e. The molecule has 0 amide bonds. The van der Waals surface area contributed by atoms with Gasteiger partial charge < -0.3 is 0 Å². The van der Waals surface area contributed by atoms with Crippen molar-refractivity contribution < 1.29 is 0 Å². The summed E-state index contributed by atoms with van der Waals surface area (Å²) in [5.41, 5.74) is 7.05. The van der Waals surface area contributed by atoms with Crippen LogP contribution in [0.1, 0.15) is 80.6 Å². The molecule has 0 fully saturated rings. The van der Waals surface area contributed by atoms with Crippen molar-refractivity contribution in [2.24, 2.45) is 0 Å². The first-order valence-corrected chi connectivity index (χ1v) is 10.7. The summed E-state index contributed by atoms with van der Waals surface area (Å²) in [6.07, 6.45) is 6.29. The lowest BCUT2D eigenvalue weighted by Gasteiger charge is -2.38. The van der Waals surface area contributed by atoms with Crippen LogP contribution in [-0.4, -0.2) is 8.07 Å². The summed E-state index contributed by atoms with van der Waals surface area (Å²) in [5, 5.41) is 0. The van der Waals surface area contributed by atoms with E-state index in [9.17, 15) is 0 Å². The fourth-order valence-corrected chi connectivity index (χ4v) is 8.72. The predicted octanol–water partition coefficient (Wildman–Crippen LogP) is 6.73. The molecule has 0 aromatic rings. The van der Waals surface area contributed by atoms with Gasteiger partial charge in [0, 0.05) is 0 Å². The van der Waals surface area contributed by atoms with E-state index in [1.54, 1.807) is 0 Å². The van der Waals surface area contributed by atoms with E-state index in [4.69, 9.17) is 0 Å². The van der Waals surface area contributed by atoms with Gasteiger partial charge in [-0.05, 0) is 35.0 Å². The van der Waals surface area contributed by atoms with Crippen LogP contribution in [-0.2, 0) is 0 Å². The normalized spacial score (nSPS) is 11.9. The van der Waals surface area contributed by atoms with Crippen molar-refractivity contribution in [3.05, 3.63) is 12.2 Å². The summed E-state index contributed by atoms with van der Waals surface area (Å²) in [7, 11) is -1.57. The molecule has 0 nitrogen and oxygen atoms in total. The molecular weight excluding hydrogens is 256 g/mol. The molecule has 0 N–H and O–H groups in total. The van der Waals surface area contributed by atoms with Crippen LogP contribution in [0.2, 0.25) is 16.6 Å². The molecule has 0 heterocycles. The summed E-state index contributed by atoms with van der Waals surface area (Å²) in [4.78, 5) is 0. The van der Waals surface area contributed by atoms with Crippen LogP contribution in [0.25, 0.3) is 0 Å². The summed E-state index contributed by atoms with van der Waals surface area (Å²) in [5.74, 6) is 3.46. The number of allylic oxidation sites excluding steroid dienone is 1. The fraction of sp³-hybridized carbons (Fsp3) is 0.789. The lowest BCUT2D eigenvalue weighted by Crippen LogP contribution is -2.43. The van der Waals surface area contributed by atoms with E-state index in [-0.39, 0.29) is 0 Å². The van der Waals surface area contributed by atoms with E-state index in [0.717, 1.165) is 12.0 Å². The molecule has 0 aliphatic rings. The number of rotatable bonds is 8. The zero-order chi connectivity index (χ0) is 15.8. The van der Waals surface area contributed by atoms with E-state index < -0.39 is 8.07 Å². The lowest BCUT2D eigenvalue weighted by molar-refractivity contribution is 0.670. The van der Waals surface area contributed by atoms with Crippen molar-refractivity contribution in [2.75, 3.05) is 0 Å². The minimum Gasteiger partial charge on any atom is -0.125 e. The van der Waals surface area contributed by atoms with Crippen LogP contribution in [0.4, 0.5) is 0 Å². The molecule has 0 aromatic carbocycles. The van der Waals surface area contributed by atoms with Gasteiger partial charge in [-0.1, -0.05) is 80.2 Å². The Bertz CT molecular complexity index is 317. The molecule has 1 heteroatoms. The Kier molecular flexibility index (Phi) is 9.22. The predicted molar refractivity (Wildman–Crippen MR) is 96.7 cm³/mol. The molecule has 0 saturated heterocycles. The zero-order valence-corrected chi connectivity index (χ0v) is 16.0. The minimum atomic E-state index is -1.57. The molecule has 0 spiro atoms. The van der Waals surface area contributed by atoms with Crippen LogP contribution in [0.3, 0.4) is 0 Å². The highest BCUT2D eigenvalue weighted by Gasteiger charge is 2.41. The van der Waals surface area contributed by atoms with Gasteiger partial charge in [-0.15, -0.1) is 5.54 Å². The monoisotopic (exact) mass is 292 g/mol. The van der Waals surface area contributed by atoms with Gasteiger partial charge in [0.15, 0.2) is 0 Å². The molecule has 20 heavy (non-hydrogen) atoms. The molecule has 0 radical (unpaired) electrons. The van der Waals surface area contributed by atoms with Crippen LogP contribution in [0, 0.1) is 11.5 Å². The van der Waals surface area contributed by atoms with Crippen LogP contribution < -0.4 is 0 Å². The molecule has 0 rings (SSSR count). The average molecular weight is 293 g/mol. The molecule has 0 bridgehead atoms. The SMILES string of the molecule is C=C(C#C[Si](C(C)C)(C(C)C)C(C)C)CCCCCC. The second-order valence-electron chi connectivity index (χ2n) is 7.06. The topological polar surface area (TPSA) is 0 Å². The second kappa shape index (κ2) is 9.45. The van der Waals surface area contributed by atoms with Crippen LogP contribution in [0.15, 0.2) is 12.2 Å². The smallest absolute Gasteiger partial charge is 0.125 e. The lowest BCUT2D eigenvalue weighted by atomic mass is 10.1. The Morgan fingerprint density at radius 2 is 1.40 bits per heavy atom. The maximum atomic E-state index is 4.18. The Labute approximate surface area is 129 Å². The van der Waals surface area contributed by atoms with Gasteiger partial charge in [0.05, 0.1) is 0 Å². The van der Waals surface area contributed by atoms with Gasteiger partial charge in [-0.3, -0.25) is 0 Å². The third-order valence-electron chi connectivity index (χ3n) is 4.65. The van der Waals surface area contributed by atoms with Crippen molar-refractivity contribution in [3.63, 3.8) is 0 Å². The Hall–Kier alpha value is -0.483. The minimum absolute atomic E-state index is 0.711. The molecule has 0 saturated carbocycles. The standard InChI is InChI=1S/C19H36Si/c1-9-10-11-12-13-19(8)14-15-20(16(2)3,17(4)5)18(6)7/h16-18H,8-13H2,1-7H3. The Morgan fingerprint density at radius 3 is 1.80 bits per heavy atom. The maximum absolute atomic E-state index is 4.18. The van der Waals surface area contributed by atoms with E-state index >= 15 is 0 Å². The quantitative estimate of drug-likeness (QED) is 0.264. The third kappa shape index (κ3) is 5.48. The van der Waals surface area contributed by atoms with Crippen molar-refractivity contribution in [1.82, 2.24) is 0 Å². The highest BCUT2D eigenvalue weighted by atomic mass is 28.3. The molecule has 0 aliphatic heterocycles. The number of hydrogen-bond acceptors (Lipinski definition) is 0. The molecule has 0 aliphatic carbocycles. The van der Waals surface area contributed by atoms with Gasteiger partial charge in [0.1, 0.15) is 8.07 Å². The van der Waals surface area contributed by atoms with E-state index in [0.29, 0.717) is 16.6 Å². The van der Waals surface area contributed by atoms with Gasteiger partial charge in [-0.25, -0.2) is 0 Å². The van der Waals surface area contributed by atoms with Gasteiger partial charge in [0.25, 0.3) is 0 Å². The summed E-state index contributed by atoms with van der Waals surface area (Å²) >= 11 is 0. The molecular formula is C19H36Si. The first-order valence-electron chi connectivity index (χ1n) is 8.49. The molecule has 0 atom stereocenters. The van der Waals surface area contributed by atoms with Crippen molar-refractivity contribution >= 4 is 8.07 Å². The zero-order valence-electron chi connectivity index (χ0n) is 15.0. The van der Waals surface area contributed by atoms with Crippen LogP contribution >= 0.6 is 0 Å². The highest BCUT2D eigenvalue weighted by Crippen LogP contribution is 2.40. The van der Waals surface area contributed by atoms with Crippen molar-refractivity contribution in [2.45, 2.75) is 97.2 Å². The number of unbranched alkanes of at least 4 members (excludes halogenated alkanes) is 3. The molecule has 116 valence electrons.